The second-order valence-electron chi connectivity index (χ2n) is 8.57. The molecule has 0 unspecified atom stereocenters. The molecule has 174 valence electrons. The van der Waals surface area contributed by atoms with Crippen LogP contribution in [0.4, 0.5) is 0 Å². The van der Waals surface area contributed by atoms with Gasteiger partial charge in [0.05, 0.1) is 10.9 Å². The monoisotopic (exact) mass is 455 g/mol. The van der Waals surface area contributed by atoms with Crippen molar-refractivity contribution >= 4 is 16.8 Å². The van der Waals surface area contributed by atoms with Gasteiger partial charge in [0, 0.05) is 12.6 Å². The summed E-state index contributed by atoms with van der Waals surface area (Å²) in [5.74, 6) is -0.249. The maximum absolute atomic E-state index is 13.3. The molecule has 0 fully saturated rings. The molecule has 6 nitrogen and oxygen atoms in total. The van der Waals surface area contributed by atoms with Crippen LogP contribution in [-0.2, 0) is 30.7 Å². The second kappa shape index (κ2) is 10.8. The molecule has 0 radical (unpaired) electrons. The van der Waals surface area contributed by atoms with Crippen LogP contribution >= 0.6 is 0 Å². The lowest BCUT2D eigenvalue weighted by atomic mass is 10.1. The SMILES string of the molecule is C[C@H](CCc1ccccc1)NC(=O)Cn1c(=O)n(CCc2ccccc2)c(=O)c2ccccc21. The van der Waals surface area contributed by atoms with Crippen molar-refractivity contribution in [3.8, 4) is 0 Å². The summed E-state index contributed by atoms with van der Waals surface area (Å²) >= 11 is 0. The van der Waals surface area contributed by atoms with Gasteiger partial charge in [0.25, 0.3) is 5.56 Å². The zero-order chi connectivity index (χ0) is 23.9. The normalized spacial score (nSPS) is 11.9. The molecular formula is C28H29N3O3. The third-order valence-electron chi connectivity index (χ3n) is 6.02. The van der Waals surface area contributed by atoms with Gasteiger partial charge >= 0.3 is 5.69 Å². The number of aromatic nitrogens is 2. The molecule has 0 aliphatic heterocycles. The molecule has 0 aliphatic carbocycles. The molecule has 4 rings (SSSR count). The molecule has 3 aromatic carbocycles. The summed E-state index contributed by atoms with van der Waals surface area (Å²) in [6.07, 6.45) is 2.20. The summed E-state index contributed by atoms with van der Waals surface area (Å²) in [4.78, 5) is 39.2. The highest BCUT2D eigenvalue weighted by Crippen LogP contribution is 2.09. The lowest BCUT2D eigenvalue weighted by Gasteiger charge is -2.17. The lowest BCUT2D eigenvalue weighted by Crippen LogP contribution is -2.44. The molecule has 0 bridgehead atoms. The number of nitrogens with one attached hydrogen (secondary N) is 1. The minimum Gasteiger partial charge on any atom is -0.352 e. The van der Waals surface area contributed by atoms with E-state index in [1.807, 2.05) is 55.5 Å². The minimum atomic E-state index is -0.466. The second-order valence-corrected chi connectivity index (χ2v) is 8.57. The van der Waals surface area contributed by atoms with Gasteiger partial charge in [-0.25, -0.2) is 4.79 Å². The third-order valence-corrected chi connectivity index (χ3v) is 6.02. The van der Waals surface area contributed by atoms with Crippen LogP contribution in [0.5, 0.6) is 0 Å². The molecule has 0 spiro atoms. The molecule has 6 heteroatoms. The molecular weight excluding hydrogens is 426 g/mol. The van der Waals surface area contributed by atoms with E-state index in [1.54, 1.807) is 24.3 Å². The Morgan fingerprint density at radius 1 is 0.794 bits per heavy atom. The highest BCUT2D eigenvalue weighted by molar-refractivity contribution is 5.81. The number of benzene rings is 3. The molecule has 1 amide bonds. The van der Waals surface area contributed by atoms with Crippen LogP contribution in [0.15, 0.2) is 94.5 Å². The van der Waals surface area contributed by atoms with Crippen molar-refractivity contribution in [2.45, 2.75) is 45.3 Å². The first-order valence-corrected chi connectivity index (χ1v) is 11.6. The quantitative estimate of drug-likeness (QED) is 0.420. The predicted molar refractivity (Wildman–Crippen MR) is 135 cm³/mol. The number of carbonyl (C=O) groups is 1. The van der Waals surface area contributed by atoms with Crippen LogP contribution in [0.1, 0.15) is 24.5 Å². The van der Waals surface area contributed by atoms with Crippen LogP contribution in [0.3, 0.4) is 0 Å². The Kier molecular flexibility index (Phi) is 7.38. The Labute approximate surface area is 198 Å². The standard InChI is InChI=1S/C28H29N3O3/c1-21(16-17-22-10-4-2-5-11-22)29-26(32)20-31-25-15-9-8-14-24(25)27(33)30(28(31)34)19-18-23-12-6-3-7-13-23/h2-15,21H,16-20H2,1H3,(H,29,32)/t21-/m1/s1. The largest absolute Gasteiger partial charge is 0.352 e. The van der Waals surface area contributed by atoms with Gasteiger partial charge in [-0.3, -0.25) is 18.7 Å². The summed E-state index contributed by atoms with van der Waals surface area (Å²) in [5.41, 5.74) is 1.94. The van der Waals surface area contributed by atoms with Gasteiger partial charge in [-0.2, -0.15) is 0 Å². The Morgan fingerprint density at radius 3 is 2.06 bits per heavy atom. The van der Waals surface area contributed by atoms with E-state index in [4.69, 9.17) is 0 Å². The summed E-state index contributed by atoms with van der Waals surface area (Å²) < 4.78 is 2.64. The van der Waals surface area contributed by atoms with Crippen LogP contribution in [0.2, 0.25) is 0 Å². The third kappa shape index (κ3) is 5.52. The van der Waals surface area contributed by atoms with E-state index in [1.165, 1.54) is 14.7 Å². The number of aryl methyl sites for hydroxylation is 2. The fraction of sp³-hybridized carbons (Fsp3) is 0.250. The first-order valence-electron chi connectivity index (χ1n) is 11.6. The van der Waals surface area contributed by atoms with Crippen molar-refractivity contribution in [3.05, 3.63) is 117 Å². The number of para-hydroxylation sites is 1. The Bertz CT molecular complexity index is 1380. The molecule has 4 aromatic rings. The highest BCUT2D eigenvalue weighted by Gasteiger charge is 2.16. The number of hydrogen-bond donors (Lipinski definition) is 1. The molecule has 0 aliphatic rings. The predicted octanol–water partition coefficient (Wildman–Crippen LogP) is 3.54. The Morgan fingerprint density at radius 2 is 1.38 bits per heavy atom. The summed E-state index contributed by atoms with van der Waals surface area (Å²) in [7, 11) is 0. The van der Waals surface area contributed by atoms with E-state index in [2.05, 4.69) is 17.4 Å². The van der Waals surface area contributed by atoms with Gasteiger partial charge in [-0.05, 0) is 49.4 Å². The molecule has 0 saturated heterocycles. The van der Waals surface area contributed by atoms with Crippen molar-refractivity contribution in [1.82, 2.24) is 14.5 Å². The smallest absolute Gasteiger partial charge is 0.331 e. The maximum Gasteiger partial charge on any atom is 0.331 e. The summed E-state index contributed by atoms with van der Waals surface area (Å²) in [6, 6.07) is 26.8. The Hall–Kier alpha value is -3.93. The minimum absolute atomic E-state index is 0.0429. The van der Waals surface area contributed by atoms with Gasteiger partial charge in [0.1, 0.15) is 6.54 Å². The van der Waals surface area contributed by atoms with E-state index in [-0.39, 0.29) is 30.6 Å². The van der Waals surface area contributed by atoms with Gasteiger partial charge in [0.2, 0.25) is 5.91 Å². The first-order chi connectivity index (χ1) is 16.5. The molecule has 1 aromatic heterocycles. The fourth-order valence-electron chi connectivity index (χ4n) is 4.17. The molecule has 34 heavy (non-hydrogen) atoms. The first kappa shape index (κ1) is 23.2. The van der Waals surface area contributed by atoms with Crippen molar-refractivity contribution in [1.29, 1.82) is 0 Å². The molecule has 0 saturated carbocycles. The number of carbonyl (C=O) groups excluding carboxylic acids is 1. The number of amides is 1. The number of hydrogen-bond acceptors (Lipinski definition) is 3. The topological polar surface area (TPSA) is 73.1 Å². The van der Waals surface area contributed by atoms with Crippen LogP contribution in [0.25, 0.3) is 10.9 Å². The van der Waals surface area contributed by atoms with Crippen LogP contribution in [-0.4, -0.2) is 21.1 Å². The summed E-state index contributed by atoms with van der Waals surface area (Å²) in [6.45, 7) is 2.07. The average Bonchev–Trinajstić information content (AvgIpc) is 2.86. The van der Waals surface area contributed by atoms with Crippen molar-refractivity contribution in [2.24, 2.45) is 0 Å². The fourth-order valence-corrected chi connectivity index (χ4v) is 4.17. The zero-order valence-electron chi connectivity index (χ0n) is 19.3. The molecule has 1 N–H and O–H groups in total. The van der Waals surface area contributed by atoms with Gasteiger partial charge < -0.3 is 5.32 Å². The maximum atomic E-state index is 13.3. The average molecular weight is 456 g/mol. The summed E-state index contributed by atoms with van der Waals surface area (Å²) in [5, 5.41) is 3.43. The lowest BCUT2D eigenvalue weighted by molar-refractivity contribution is -0.122. The van der Waals surface area contributed by atoms with Crippen LogP contribution in [0, 0.1) is 0 Å². The van der Waals surface area contributed by atoms with Gasteiger partial charge in [-0.1, -0.05) is 72.8 Å². The Balaban J connectivity index is 1.53. The number of nitrogens with zero attached hydrogens (tertiary/aromatic N) is 2. The van der Waals surface area contributed by atoms with Crippen molar-refractivity contribution in [2.75, 3.05) is 0 Å². The van der Waals surface area contributed by atoms with E-state index in [0.717, 1.165) is 18.4 Å². The van der Waals surface area contributed by atoms with E-state index < -0.39 is 5.69 Å². The van der Waals surface area contributed by atoms with E-state index in [9.17, 15) is 14.4 Å². The molecule has 1 heterocycles. The van der Waals surface area contributed by atoms with E-state index in [0.29, 0.717) is 17.3 Å². The van der Waals surface area contributed by atoms with Crippen LogP contribution < -0.4 is 16.6 Å². The number of rotatable bonds is 9. The highest BCUT2D eigenvalue weighted by atomic mass is 16.2. The van der Waals surface area contributed by atoms with E-state index >= 15 is 0 Å². The van der Waals surface area contributed by atoms with Crippen molar-refractivity contribution < 1.29 is 4.79 Å². The zero-order valence-corrected chi connectivity index (χ0v) is 19.3. The number of fused-ring (bicyclic) bond motifs is 1. The van der Waals surface area contributed by atoms with Crippen molar-refractivity contribution in [3.63, 3.8) is 0 Å². The molecule has 1 atom stereocenters. The van der Waals surface area contributed by atoms with Gasteiger partial charge in [-0.15, -0.1) is 0 Å². The van der Waals surface area contributed by atoms with Gasteiger partial charge in [0.15, 0.2) is 0 Å².